The van der Waals surface area contributed by atoms with Gasteiger partial charge in [-0.15, -0.1) is 0 Å². The first-order chi connectivity index (χ1) is 19.9. The molecule has 0 aliphatic heterocycles. The molecule has 0 aromatic heterocycles. The predicted molar refractivity (Wildman–Crippen MR) is 170 cm³/mol. The van der Waals surface area contributed by atoms with E-state index in [1.54, 1.807) is 38.1 Å². The van der Waals surface area contributed by atoms with E-state index in [9.17, 15) is 9.59 Å². The quantitative estimate of drug-likeness (QED) is 0.132. The van der Waals surface area contributed by atoms with Gasteiger partial charge in [0.15, 0.2) is 0 Å². The molecular weight excluding hydrogens is 534 g/mol. The number of unbranched alkanes of at least 4 members (excludes halogenated alkanes) is 7. The molecule has 3 aromatic rings. The van der Waals surface area contributed by atoms with Gasteiger partial charge in [0.25, 0.3) is 0 Å². The zero-order chi connectivity index (χ0) is 29.9. The van der Waals surface area contributed by atoms with E-state index < -0.39 is 0 Å². The molecule has 0 fully saturated rings. The second kappa shape index (κ2) is 19.7. The molecule has 222 valence electrons. The number of halogens is 1. The van der Waals surface area contributed by atoms with Crippen LogP contribution in [0.15, 0.2) is 72.8 Å². The zero-order valence-corrected chi connectivity index (χ0v) is 25.9. The van der Waals surface area contributed by atoms with Crippen LogP contribution in [0.2, 0.25) is 5.02 Å². The Labute approximate surface area is 251 Å². The van der Waals surface area contributed by atoms with Crippen molar-refractivity contribution in [3.05, 3.63) is 94.5 Å². The molecule has 3 aromatic carbocycles. The molecule has 0 saturated heterocycles. The third-order valence-corrected chi connectivity index (χ3v) is 6.84. The zero-order valence-electron chi connectivity index (χ0n) is 25.2. The fourth-order valence-corrected chi connectivity index (χ4v) is 4.42. The first kappa shape index (κ1) is 33.9. The first-order valence-corrected chi connectivity index (χ1v) is 15.4. The highest BCUT2D eigenvalue weighted by Crippen LogP contribution is 2.29. The summed E-state index contributed by atoms with van der Waals surface area (Å²) in [6.45, 7) is 9.33. The SMILES string of the molecule is CCCCCCCCCC.CCOC(=O)c1ccc(N(Cc2ccc(Cl)cc2)c2ccc(C(=O)OCC)cc2)cc1. The highest BCUT2D eigenvalue weighted by atomic mass is 35.5. The van der Waals surface area contributed by atoms with Gasteiger partial charge in [-0.05, 0) is 80.1 Å². The third kappa shape index (κ3) is 12.4. The lowest BCUT2D eigenvalue weighted by Crippen LogP contribution is -2.17. The van der Waals surface area contributed by atoms with Crippen LogP contribution in [-0.2, 0) is 16.0 Å². The molecular formula is C35H46ClNO4. The number of esters is 2. The van der Waals surface area contributed by atoms with Crippen LogP contribution in [0.5, 0.6) is 0 Å². The molecule has 6 heteroatoms. The number of carbonyl (C=O) groups is 2. The van der Waals surface area contributed by atoms with E-state index in [-0.39, 0.29) is 11.9 Å². The van der Waals surface area contributed by atoms with Crippen LogP contribution in [0, 0.1) is 0 Å². The highest BCUT2D eigenvalue weighted by molar-refractivity contribution is 6.30. The van der Waals surface area contributed by atoms with Crippen LogP contribution < -0.4 is 4.90 Å². The lowest BCUT2D eigenvalue weighted by molar-refractivity contribution is 0.0517. The molecule has 0 saturated carbocycles. The summed E-state index contributed by atoms with van der Waals surface area (Å²) in [5, 5.41) is 0.674. The number of benzene rings is 3. The maximum absolute atomic E-state index is 12.0. The van der Waals surface area contributed by atoms with E-state index >= 15 is 0 Å². The van der Waals surface area contributed by atoms with Gasteiger partial charge in [-0.25, -0.2) is 9.59 Å². The van der Waals surface area contributed by atoms with Gasteiger partial charge >= 0.3 is 11.9 Å². The molecule has 0 N–H and O–H groups in total. The van der Waals surface area contributed by atoms with Crippen molar-refractivity contribution >= 4 is 34.9 Å². The topological polar surface area (TPSA) is 55.8 Å². The Morgan fingerprint density at radius 1 is 0.585 bits per heavy atom. The summed E-state index contributed by atoms with van der Waals surface area (Å²) < 4.78 is 10.1. The normalized spacial score (nSPS) is 10.4. The lowest BCUT2D eigenvalue weighted by Gasteiger charge is -2.26. The number of anilines is 2. The van der Waals surface area contributed by atoms with Crippen molar-refractivity contribution < 1.29 is 19.1 Å². The third-order valence-electron chi connectivity index (χ3n) is 6.59. The smallest absolute Gasteiger partial charge is 0.338 e. The Morgan fingerprint density at radius 3 is 1.34 bits per heavy atom. The van der Waals surface area contributed by atoms with Crippen LogP contribution in [0.4, 0.5) is 11.4 Å². The van der Waals surface area contributed by atoms with Crippen LogP contribution in [0.3, 0.4) is 0 Å². The molecule has 0 spiro atoms. The second-order valence-corrected chi connectivity index (χ2v) is 10.3. The average molecular weight is 580 g/mol. The Morgan fingerprint density at radius 2 is 0.976 bits per heavy atom. The van der Waals surface area contributed by atoms with Crippen LogP contribution in [0.1, 0.15) is 105 Å². The predicted octanol–water partition coefficient (Wildman–Crippen LogP) is 10.2. The summed E-state index contributed by atoms with van der Waals surface area (Å²) in [5.41, 5.74) is 3.84. The van der Waals surface area contributed by atoms with Crippen molar-refractivity contribution in [2.75, 3.05) is 18.1 Å². The van der Waals surface area contributed by atoms with Gasteiger partial charge in [0.05, 0.1) is 24.3 Å². The number of carbonyl (C=O) groups excluding carboxylic acids is 2. The minimum atomic E-state index is -0.350. The fourth-order valence-electron chi connectivity index (χ4n) is 4.29. The maximum atomic E-state index is 12.0. The molecule has 41 heavy (non-hydrogen) atoms. The van der Waals surface area contributed by atoms with Gasteiger partial charge < -0.3 is 14.4 Å². The fraction of sp³-hybridized carbons (Fsp3) is 0.429. The number of hydrogen-bond donors (Lipinski definition) is 0. The van der Waals surface area contributed by atoms with E-state index in [1.165, 1.54) is 51.4 Å². The van der Waals surface area contributed by atoms with E-state index in [0.29, 0.717) is 35.9 Å². The second-order valence-electron chi connectivity index (χ2n) is 9.87. The van der Waals surface area contributed by atoms with E-state index in [2.05, 4.69) is 18.7 Å². The Kier molecular flexibility index (Phi) is 16.3. The summed E-state index contributed by atoms with van der Waals surface area (Å²) in [4.78, 5) is 26.1. The molecule has 0 bridgehead atoms. The van der Waals surface area contributed by atoms with Gasteiger partial charge in [-0.3, -0.25) is 0 Å². The number of nitrogens with zero attached hydrogens (tertiary/aromatic N) is 1. The number of ether oxygens (including phenoxy) is 2. The Bertz CT molecular complexity index is 1070. The number of hydrogen-bond acceptors (Lipinski definition) is 5. The lowest BCUT2D eigenvalue weighted by atomic mass is 10.1. The van der Waals surface area contributed by atoms with Crippen molar-refractivity contribution in [1.29, 1.82) is 0 Å². The van der Waals surface area contributed by atoms with Crippen LogP contribution in [0.25, 0.3) is 0 Å². The van der Waals surface area contributed by atoms with E-state index in [4.69, 9.17) is 21.1 Å². The minimum absolute atomic E-state index is 0.329. The molecule has 0 aliphatic rings. The molecule has 0 radical (unpaired) electrons. The number of rotatable bonds is 15. The van der Waals surface area contributed by atoms with Crippen molar-refractivity contribution in [3.8, 4) is 0 Å². The molecule has 0 heterocycles. The largest absolute Gasteiger partial charge is 0.462 e. The van der Waals surface area contributed by atoms with Crippen molar-refractivity contribution in [3.63, 3.8) is 0 Å². The molecule has 5 nitrogen and oxygen atoms in total. The van der Waals surface area contributed by atoms with Gasteiger partial charge in [-0.2, -0.15) is 0 Å². The van der Waals surface area contributed by atoms with E-state index in [1.807, 2.05) is 48.5 Å². The van der Waals surface area contributed by atoms with Crippen molar-refractivity contribution in [1.82, 2.24) is 0 Å². The molecule has 0 unspecified atom stereocenters. The maximum Gasteiger partial charge on any atom is 0.338 e. The summed E-state index contributed by atoms with van der Waals surface area (Å²) >= 11 is 6.03. The van der Waals surface area contributed by atoms with Crippen LogP contribution in [-0.4, -0.2) is 25.2 Å². The van der Waals surface area contributed by atoms with Gasteiger partial charge in [-0.1, -0.05) is 88.9 Å². The van der Waals surface area contributed by atoms with Crippen molar-refractivity contribution in [2.24, 2.45) is 0 Å². The van der Waals surface area contributed by atoms with Gasteiger partial charge in [0, 0.05) is 22.9 Å². The monoisotopic (exact) mass is 579 g/mol. The Balaban J connectivity index is 0.000000503. The standard InChI is InChI=1S/C25H24ClNO4.C10H22/c1-3-30-24(28)19-7-13-22(14-8-19)27(17-18-5-11-21(26)12-6-18)23-15-9-20(10-16-23)25(29)31-4-2;1-3-5-7-9-10-8-6-4-2/h5-16H,3-4,17H2,1-2H3;3-10H2,1-2H3. The Hall–Kier alpha value is -3.31. The molecule has 0 aliphatic carbocycles. The summed E-state index contributed by atoms with van der Waals surface area (Å²) in [5.74, 6) is -0.700. The molecule has 0 atom stereocenters. The van der Waals surface area contributed by atoms with Gasteiger partial charge in [0.1, 0.15) is 0 Å². The van der Waals surface area contributed by atoms with Gasteiger partial charge in [0.2, 0.25) is 0 Å². The molecule has 3 rings (SSSR count). The minimum Gasteiger partial charge on any atom is -0.462 e. The van der Waals surface area contributed by atoms with Crippen LogP contribution >= 0.6 is 11.6 Å². The summed E-state index contributed by atoms with van der Waals surface area (Å²) in [7, 11) is 0. The van der Waals surface area contributed by atoms with E-state index in [0.717, 1.165) is 16.9 Å². The highest BCUT2D eigenvalue weighted by Gasteiger charge is 2.14. The summed E-state index contributed by atoms with van der Waals surface area (Å²) in [6, 6.07) is 22.1. The average Bonchev–Trinajstić information content (AvgIpc) is 2.99. The molecule has 0 amide bonds. The first-order valence-electron chi connectivity index (χ1n) is 15.0. The van der Waals surface area contributed by atoms with Crippen molar-refractivity contribution in [2.45, 2.75) is 85.6 Å². The summed E-state index contributed by atoms with van der Waals surface area (Å²) in [6.07, 6.45) is 11.5.